The molecule has 6 fully saturated rings. The molecule has 3 saturated heterocycles. The molecule has 0 bridgehead atoms. The molecule has 4 N–H and O–H groups in total. The molecule has 0 aromatic carbocycles. The van der Waals surface area contributed by atoms with Crippen molar-refractivity contribution in [2.24, 2.45) is 45.8 Å². The van der Waals surface area contributed by atoms with Gasteiger partial charge in [-0.1, -0.05) is 46.3 Å². The van der Waals surface area contributed by atoms with Gasteiger partial charge in [0.25, 0.3) is 0 Å². The van der Waals surface area contributed by atoms with Crippen molar-refractivity contribution in [3.8, 4) is 0 Å². The Morgan fingerprint density at radius 1 is 0.900 bits per heavy atom. The van der Waals surface area contributed by atoms with E-state index in [-0.39, 0.29) is 16.9 Å². The second-order valence-electron chi connectivity index (χ2n) is 15.9. The van der Waals surface area contributed by atoms with E-state index >= 15 is 0 Å². The van der Waals surface area contributed by atoms with Crippen LogP contribution in [-0.2, 0) is 9.47 Å². The fraction of sp³-hybridized carbons (Fsp3) is 0.939. The lowest BCUT2D eigenvalue weighted by atomic mass is 9.40. The van der Waals surface area contributed by atoms with Crippen molar-refractivity contribution in [1.82, 2.24) is 4.90 Å². The number of aliphatic hydroxyl groups excluding tert-OH is 4. The van der Waals surface area contributed by atoms with Gasteiger partial charge in [-0.15, -0.1) is 0 Å². The molecule has 3 saturated carbocycles. The molecule has 0 spiro atoms. The number of piperidine rings is 1. The molecule has 0 aromatic rings. The fourth-order valence-electron chi connectivity index (χ4n) is 12.0. The van der Waals surface area contributed by atoms with Crippen LogP contribution in [0.2, 0.25) is 0 Å². The van der Waals surface area contributed by atoms with Gasteiger partial charge in [0.15, 0.2) is 12.6 Å². The molecule has 40 heavy (non-hydrogen) atoms. The average molecular weight is 560 g/mol. The number of fused-ring (bicyclic) bond motifs is 9. The van der Waals surface area contributed by atoms with Crippen LogP contribution in [0.15, 0.2) is 11.6 Å². The predicted octanol–water partition coefficient (Wildman–Crippen LogP) is 3.83. The third-order valence-corrected chi connectivity index (χ3v) is 14.4. The summed E-state index contributed by atoms with van der Waals surface area (Å²) in [4.78, 5) is 2.98. The van der Waals surface area contributed by atoms with Crippen LogP contribution >= 0.6 is 0 Å². The molecule has 16 unspecified atom stereocenters. The molecular formula is C33H53NO6. The quantitative estimate of drug-likeness (QED) is 0.382. The van der Waals surface area contributed by atoms with E-state index in [2.05, 4.69) is 45.6 Å². The summed E-state index contributed by atoms with van der Waals surface area (Å²) >= 11 is 0. The van der Waals surface area contributed by atoms with E-state index in [1.54, 1.807) is 0 Å². The van der Waals surface area contributed by atoms with Crippen molar-refractivity contribution >= 4 is 0 Å². The first-order valence-electron chi connectivity index (χ1n) is 16.4. The van der Waals surface area contributed by atoms with Gasteiger partial charge in [-0.3, -0.25) is 4.90 Å². The van der Waals surface area contributed by atoms with E-state index in [1.165, 1.54) is 44.2 Å². The van der Waals surface area contributed by atoms with Crippen molar-refractivity contribution in [2.75, 3.05) is 6.54 Å². The number of hydrogen-bond acceptors (Lipinski definition) is 7. The zero-order valence-corrected chi connectivity index (χ0v) is 25.2. The lowest BCUT2D eigenvalue weighted by molar-refractivity contribution is -0.349. The number of aliphatic hydroxyl groups is 4. The van der Waals surface area contributed by atoms with Crippen molar-refractivity contribution in [1.29, 1.82) is 0 Å². The average Bonchev–Trinajstić information content (AvgIpc) is 3.38. The molecule has 0 radical (unpaired) electrons. The Hall–Kier alpha value is -0.540. The lowest BCUT2D eigenvalue weighted by Crippen LogP contribution is -2.59. The predicted molar refractivity (Wildman–Crippen MR) is 151 cm³/mol. The summed E-state index contributed by atoms with van der Waals surface area (Å²) in [5.74, 6) is 3.98. The van der Waals surface area contributed by atoms with E-state index in [1.807, 2.05) is 0 Å². The Bertz CT molecular complexity index is 1040. The van der Waals surface area contributed by atoms with Crippen molar-refractivity contribution < 1.29 is 29.9 Å². The minimum absolute atomic E-state index is 0.129. The molecule has 0 amide bonds. The highest BCUT2D eigenvalue weighted by molar-refractivity contribution is 5.30. The molecule has 7 heteroatoms. The van der Waals surface area contributed by atoms with Crippen LogP contribution in [0.3, 0.4) is 0 Å². The largest absolute Gasteiger partial charge is 0.387 e. The third kappa shape index (κ3) is 3.74. The Kier molecular flexibility index (Phi) is 6.69. The Balaban J connectivity index is 1.11. The standard InChI is InChI=1S/C33H53NO6/c1-17-6-9-23-18(2)25-24(34(23)16-17)15-22-21-8-7-19-14-20(39-30-28(37)26(35)27(36)29(38)40-30)10-11-32(19,4)33(21,5)13-12-31(22,25)3/h7,17-18,20-30,35-38H,6,8-16H2,1-5H3. The maximum Gasteiger partial charge on any atom is 0.189 e. The topological polar surface area (TPSA) is 103 Å². The first-order chi connectivity index (χ1) is 18.9. The van der Waals surface area contributed by atoms with Crippen LogP contribution in [0, 0.1) is 45.8 Å². The minimum atomic E-state index is -1.57. The van der Waals surface area contributed by atoms with Crippen LogP contribution < -0.4 is 0 Å². The Labute approximate surface area is 240 Å². The normalized spacial score (nSPS) is 59.7. The molecule has 4 aliphatic carbocycles. The summed E-state index contributed by atoms with van der Waals surface area (Å²) in [6.45, 7) is 14.2. The maximum absolute atomic E-state index is 10.4. The van der Waals surface area contributed by atoms with Gasteiger partial charge in [-0.05, 0) is 104 Å². The first-order valence-corrected chi connectivity index (χ1v) is 16.4. The van der Waals surface area contributed by atoms with Gasteiger partial charge >= 0.3 is 0 Å². The molecule has 3 heterocycles. The zero-order valence-electron chi connectivity index (χ0n) is 25.2. The van der Waals surface area contributed by atoms with Gasteiger partial charge in [0, 0.05) is 18.6 Å². The van der Waals surface area contributed by atoms with Crippen molar-refractivity contribution in [3.05, 3.63) is 11.6 Å². The van der Waals surface area contributed by atoms with Crippen LogP contribution in [0.25, 0.3) is 0 Å². The molecule has 226 valence electrons. The smallest absolute Gasteiger partial charge is 0.189 e. The van der Waals surface area contributed by atoms with Crippen molar-refractivity contribution in [3.63, 3.8) is 0 Å². The van der Waals surface area contributed by atoms with Crippen LogP contribution in [0.4, 0.5) is 0 Å². The number of allylic oxidation sites excluding steroid dienone is 1. The third-order valence-electron chi connectivity index (χ3n) is 14.4. The summed E-state index contributed by atoms with van der Waals surface area (Å²) in [6, 6.07) is 1.58. The van der Waals surface area contributed by atoms with Gasteiger partial charge in [-0.25, -0.2) is 0 Å². The van der Waals surface area contributed by atoms with Crippen LogP contribution in [0.5, 0.6) is 0 Å². The van der Waals surface area contributed by atoms with Crippen LogP contribution in [0.1, 0.15) is 92.4 Å². The Morgan fingerprint density at radius 2 is 1.68 bits per heavy atom. The van der Waals surface area contributed by atoms with Gasteiger partial charge < -0.3 is 29.9 Å². The molecule has 16 atom stereocenters. The second-order valence-corrected chi connectivity index (χ2v) is 15.9. The summed E-state index contributed by atoms with van der Waals surface area (Å²) in [5, 5.41) is 40.4. The molecule has 0 aromatic heterocycles. The Morgan fingerprint density at radius 3 is 2.45 bits per heavy atom. The number of hydrogen-bond donors (Lipinski definition) is 4. The van der Waals surface area contributed by atoms with Gasteiger partial charge in [0.05, 0.1) is 6.10 Å². The number of rotatable bonds is 2. The fourth-order valence-corrected chi connectivity index (χ4v) is 12.0. The highest BCUT2D eigenvalue weighted by atomic mass is 16.7. The van der Waals surface area contributed by atoms with Crippen LogP contribution in [-0.4, -0.2) is 81.0 Å². The van der Waals surface area contributed by atoms with E-state index < -0.39 is 30.9 Å². The monoisotopic (exact) mass is 559 g/mol. The maximum atomic E-state index is 10.4. The van der Waals surface area contributed by atoms with E-state index in [9.17, 15) is 20.4 Å². The lowest BCUT2D eigenvalue weighted by Gasteiger charge is -2.64. The summed E-state index contributed by atoms with van der Waals surface area (Å²) in [5.41, 5.74) is 2.32. The minimum Gasteiger partial charge on any atom is -0.387 e. The molecule has 7 aliphatic rings. The second kappa shape index (κ2) is 9.48. The van der Waals surface area contributed by atoms with Crippen molar-refractivity contribution in [2.45, 2.75) is 141 Å². The molecule has 3 aliphatic heterocycles. The highest BCUT2D eigenvalue weighted by Crippen LogP contribution is 2.73. The summed E-state index contributed by atoms with van der Waals surface area (Å²) in [7, 11) is 0. The number of ether oxygens (including phenoxy) is 2. The summed E-state index contributed by atoms with van der Waals surface area (Å²) < 4.78 is 11.5. The van der Waals surface area contributed by atoms with Gasteiger partial charge in [0.1, 0.15) is 18.3 Å². The first kappa shape index (κ1) is 28.2. The molecule has 7 nitrogen and oxygen atoms in total. The number of nitrogens with zero attached hydrogens (tertiary/aromatic N) is 1. The van der Waals surface area contributed by atoms with Gasteiger partial charge in [-0.2, -0.15) is 0 Å². The van der Waals surface area contributed by atoms with Gasteiger partial charge in [0.2, 0.25) is 0 Å². The van der Waals surface area contributed by atoms with E-state index in [4.69, 9.17) is 9.47 Å². The SMILES string of the molecule is CC1CCC2C(C)C3C(CC4C5CC=C6CC(OC7OC(O)C(O)C(O)C7O)CCC6(C)C5(C)CCC43C)N2C1. The molecular weight excluding hydrogens is 506 g/mol. The molecule has 7 rings (SSSR count). The zero-order chi connectivity index (χ0) is 28.4. The highest BCUT2D eigenvalue weighted by Gasteiger charge is 2.69. The summed E-state index contributed by atoms with van der Waals surface area (Å²) in [6.07, 6.45) is 5.89. The van der Waals surface area contributed by atoms with E-state index in [0.29, 0.717) is 11.3 Å². The van der Waals surface area contributed by atoms with E-state index in [0.717, 1.165) is 61.4 Å².